The lowest BCUT2D eigenvalue weighted by atomic mass is 10.0. The van der Waals surface area contributed by atoms with Crippen LogP contribution in [0.5, 0.6) is 0 Å². The van der Waals surface area contributed by atoms with Gasteiger partial charge in [-0.2, -0.15) is 0 Å². The molecular formula is C20H30N8O6. The molecule has 14 nitrogen and oxygen atoms in total. The normalized spacial score (nSPS) is 24.2. The number of ether oxygens (including phenoxy) is 1. The predicted octanol–water partition coefficient (Wildman–Crippen LogP) is -1.80. The van der Waals surface area contributed by atoms with Crippen molar-refractivity contribution in [1.82, 2.24) is 24.8 Å². The highest BCUT2D eigenvalue weighted by molar-refractivity contribution is 5.86. The van der Waals surface area contributed by atoms with Crippen LogP contribution in [0.3, 0.4) is 0 Å². The van der Waals surface area contributed by atoms with Crippen LogP contribution in [0, 0.1) is 5.92 Å². The van der Waals surface area contributed by atoms with Crippen molar-refractivity contribution in [2.75, 3.05) is 5.73 Å². The van der Waals surface area contributed by atoms with Crippen LogP contribution in [0.25, 0.3) is 11.2 Å². The number of fused-ring (bicyclic) bond motifs is 1. The third kappa shape index (κ3) is 5.25. The van der Waals surface area contributed by atoms with Crippen LogP contribution in [-0.4, -0.2) is 77.0 Å². The first kappa shape index (κ1) is 25.3. The molecule has 3 rings (SSSR count). The lowest BCUT2D eigenvalue weighted by molar-refractivity contribution is -0.143. The van der Waals surface area contributed by atoms with E-state index < -0.39 is 48.4 Å². The zero-order valence-electron chi connectivity index (χ0n) is 18.8. The van der Waals surface area contributed by atoms with Crippen LogP contribution in [0.4, 0.5) is 5.82 Å². The summed E-state index contributed by atoms with van der Waals surface area (Å²) in [6.45, 7) is 3.35. The van der Waals surface area contributed by atoms with Gasteiger partial charge in [-0.15, -0.1) is 0 Å². The van der Waals surface area contributed by atoms with Crippen LogP contribution >= 0.6 is 0 Å². The molecule has 0 radical (unpaired) electrons. The standard InChI is InChI=1S/C20H30N8O6/c1-8(2)12(20(32)33)27-18(31)10(22)4-3-9(21)5-11-14(29)15(30)19(34-11)28-7-26-13-16(23)24-6-25-17(13)28/h5-10,12,14-15,19,29-30H,3-4,21-22H2,1-2H3,(H,27,31)(H,32,33)(H2,23,24,25). The third-order valence-electron chi connectivity index (χ3n) is 5.58. The molecule has 186 valence electrons. The first-order valence-electron chi connectivity index (χ1n) is 10.7. The van der Waals surface area contributed by atoms with E-state index in [1.54, 1.807) is 13.8 Å². The largest absolute Gasteiger partial charge is 0.480 e. The minimum absolute atomic E-state index is 0.0534. The number of nitrogen functional groups attached to an aromatic ring is 1. The van der Waals surface area contributed by atoms with Crippen molar-refractivity contribution < 1.29 is 29.6 Å². The molecule has 2 aromatic heterocycles. The van der Waals surface area contributed by atoms with E-state index in [1.807, 2.05) is 0 Å². The number of carboxylic acids is 1. The van der Waals surface area contributed by atoms with Gasteiger partial charge in [0.25, 0.3) is 0 Å². The van der Waals surface area contributed by atoms with E-state index in [0.717, 1.165) is 0 Å². The molecule has 0 bridgehead atoms. The van der Waals surface area contributed by atoms with Gasteiger partial charge in [-0.1, -0.05) is 13.8 Å². The van der Waals surface area contributed by atoms with Gasteiger partial charge in [0.15, 0.2) is 11.5 Å². The highest BCUT2D eigenvalue weighted by Gasteiger charge is 2.41. The molecule has 1 saturated heterocycles. The molecule has 0 saturated carbocycles. The monoisotopic (exact) mass is 478 g/mol. The zero-order valence-corrected chi connectivity index (χ0v) is 18.8. The summed E-state index contributed by atoms with van der Waals surface area (Å²) in [7, 11) is 0. The van der Waals surface area contributed by atoms with Crippen molar-refractivity contribution in [2.24, 2.45) is 17.4 Å². The van der Waals surface area contributed by atoms with Gasteiger partial charge in [-0.05, 0) is 24.8 Å². The Hall–Kier alpha value is -3.33. The number of aliphatic hydroxyl groups excluding tert-OH is 2. The second-order valence-corrected chi connectivity index (χ2v) is 8.51. The number of nitrogens with zero attached hydrogens (tertiary/aromatic N) is 4. The van der Waals surface area contributed by atoms with Crippen molar-refractivity contribution in [3.05, 3.63) is 24.5 Å². The number of anilines is 1. The average Bonchev–Trinajstić information content (AvgIpc) is 3.32. The fourth-order valence-electron chi connectivity index (χ4n) is 3.59. The maximum atomic E-state index is 12.2. The Kier molecular flexibility index (Phi) is 7.66. The fourth-order valence-corrected chi connectivity index (χ4v) is 3.59. The molecule has 34 heavy (non-hydrogen) atoms. The van der Waals surface area contributed by atoms with Gasteiger partial charge in [-0.3, -0.25) is 9.36 Å². The van der Waals surface area contributed by atoms with Gasteiger partial charge in [0, 0.05) is 6.04 Å². The van der Waals surface area contributed by atoms with Gasteiger partial charge in [0.05, 0.1) is 6.04 Å². The number of aromatic nitrogens is 4. The maximum Gasteiger partial charge on any atom is 0.326 e. The molecule has 0 spiro atoms. The van der Waals surface area contributed by atoms with Gasteiger partial charge in [-0.25, -0.2) is 19.7 Å². The number of nitrogens with two attached hydrogens (primary N) is 3. The number of rotatable bonds is 9. The number of amides is 1. The molecule has 1 fully saturated rings. The van der Waals surface area contributed by atoms with E-state index in [0.29, 0.717) is 11.2 Å². The molecule has 0 aromatic carbocycles. The minimum Gasteiger partial charge on any atom is -0.480 e. The molecule has 14 heteroatoms. The Bertz CT molecular complexity index is 1070. The number of aliphatic carboxylic acids is 1. The Morgan fingerprint density at radius 1 is 1.24 bits per heavy atom. The first-order chi connectivity index (χ1) is 16.0. The van der Waals surface area contributed by atoms with E-state index in [-0.39, 0.29) is 30.3 Å². The summed E-state index contributed by atoms with van der Waals surface area (Å²) < 4.78 is 7.17. The highest BCUT2D eigenvalue weighted by atomic mass is 16.5. The topological polar surface area (TPSA) is 238 Å². The van der Waals surface area contributed by atoms with Gasteiger partial charge in [0.2, 0.25) is 12.1 Å². The van der Waals surface area contributed by atoms with E-state index in [1.165, 1.54) is 23.3 Å². The summed E-state index contributed by atoms with van der Waals surface area (Å²) >= 11 is 0. The van der Waals surface area contributed by atoms with Crippen LogP contribution in [0.2, 0.25) is 0 Å². The molecule has 0 aliphatic carbocycles. The van der Waals surface area contributed by atoms with Crippen molar-refractivity contribution in [2.45, 2.75) is 63.3 Å². The number of hydrogen-bond donors (Lipinski definition) is 7. The molecule has 1 amide bonds. The Morgan fingerprint density at radius 2 is 1.94 bits per heavy atom. The summed E-state index contributed by atoms with van der Waals surface area (Å²) in [6, 6.07) is -2.68. The predicted molar refractivity (Wildman–Crippen MR) is 120 cm³/mol. The van der Waals surface area contributed by atoms with Crippen molar-refractivity contribution in [3.63, 3.8) is 0 Å². The van der Waals surface area contributed by atoms with Gasteiger partial charge < -0.3 is 42.6 Å². The molecule has 2 aromatic rings. The number of carbonyl (C=O) groups excluding carboxylic acids is 1. The Balaban J connectivity index is 1.62. The lowest BCUT2D eigenvalue weighted by Crippen LogP contribution is -2.50. The van der Waals surface area contributed by atoms with Crippen molar-refractivity contribution in [1.29, 1.82) is 0 Å². The molecule has 1 aliphatic rings. The van der Waals surface area contributed by atoms with Crippen LogP contribution in [-0.2, 0) is 14.3 Å². The zero-order chi connectivity index (χ0) is 25.2. The number of imidazole rings is 1. The number of carboxylic acid groups (broad SMARTS) is 1. The molecule has 1 aliphatic heterocycles. The maximum absolute atomic E-state index is 12.2. The molecular weight excluding hydrogens is 448 g/mol. The summed E-state index contributed by atoms with van der Waals surface area (Å²) in [6.07, 6.45) is 0.756. The Morgan fingerprint density at radius 3 is 2.59 bits per heavy atom. The van der Waals surface area contributed by atoms with Gasteiger partial charge in [0.1, 0.15) is 42.2 Å². The summed E-state index contributed by atoms with van der Waals surface area (Å²) in [5.41, 5.74) is 18.4. The molecule has 10 N–H and O–H groups in total. The molecule has 3 heterocycles. The lowest BCUT2D eigenvalue weighted by Gasteiger charge is -2.21. The van der Waals surface area contributed by atoms with Crippen molar-refractivity contribution in [3.8, 4) is 0 Å². The summed E-state index contributed by atoms with van der Waals surface area (Å²) in [5.74, 6) is -1.83. The summed E-state index contributed by atoms with van der Waals surface area (Å²) in [4.78, 5) is 35.6. The number of carbonyl (C=O) groups is 2. The third-order valence-corrected chi connectivity index (χ3v) is 5.58. The van der Waals surface area contributed by atoms with Crippen LogP contribution < -0.4 is 22.5 Å². The summed E-state index contributed by atoms with van der Waals surface area (Å²) in [5, 5.41) is 32.6. The van der Waals surface area contributed by atoms with Crippen LogP contribution in [0.1, 0.15) is 32.9 Å². The second kappa shape index (κ2) is 10.3. The Labute approximate surface area is 194 Å². The van der Waals surface area contributed by atoms with E-state index in [4.69, 9.17) is 21.9 Å². The van der Waals surface area contributed by atoms with Crippen molar-refractivity contribution >= 4 is 28.9 Å². The van der Waals surface area contributed by atoms with Gasteiger partial charge >= 0.3 is 5.97 Å². The smallest absolute Gasteiger partial charge is 0.326 e. The first-order valence-corrected chi connectivity index (χ1v) is 10.7. The van der Waals surface area contributed by atoms with Crippen LogP contribution in [0.15, 0.2) is 24.5 Å². The highest BCUT2D eigenvalue weighted by Crippen LogP contribution is 2.34. The average molecular weight is 479 g/mol. The van der Waals surface area contributed by atoms with E-state index in [9.17, 15) is 24.9 Å². The SMILES string of the molecule is CC(C)C(NC(=O)C(N)CCC(N)C=C1OC(n2cnc3c(N)ncnc32)C(O)C1O)C(=O)O. The van der Waals surface area contributed by atoms with E-state index in [2.05, 4.69) is 20.3 Å². The molecule has 6 atom stereocenters. The molecule has 6 unspecified atom stereocenters. The van der Waals surface area contributed by atoms with E-state index >= 15 is 0 Å². The number of aliphatic hydroxyl groups is 2. The second-order valence-electron chi connectivity index (χ2n) is 8.51. The minimum atomic E-state index is -1.35. The number of nitrogens with one attached hydrogen (secondary N) is 1. The number of hydrogen-bond acceptors (Lipinski definition) is 11. The fraction of sp³-hybridized carbons (Fsp3) is 0.550. The quantitative estimate of drug-likeness (QED) is 0.211.